The first kappa shape index (κ1) is 10.7. The lowest BCUT2D eigenvalue weighted by Gasteiger charge is -2.09. The number of hydrogen-bond donors (Lipinski definition) is 4. The van der Waals surface area contributed by atoms with E-state index in [4.69, 9.17) is 16.8 Å². The number of amidine groups is 1. The predicted octanol–water partition coefficient (Wildman–Crippen LogP) is -0.777. The van der Waals surface area contributed by atoms with Crippen molar-refractivity contribution in [1.82, 2.24) is 5.43 Å². The van der Waals surface area contributed by atoms with Gasteiger partial charge in [0.15, 0.2) is 0 Å². The summed E-state index contributed by atoms with van der Waals surface area (Å²) in [5.74, 6) is 8.92. The van der Waals surface area contributed by atoms with Gasteiger partial charge in [0.25, 0.3) is 0 Å². The number of nitrogens with one attached hydrogen (secondary N) is 1. The molecule has 0 radical (unpaired) electrons. The molecule has 0 aliphatic carbocycles. The molecule has 12 heavy (non-hydrogen) atoms. The SMILES string of the molecule is CCC(C/C(=N/N)NN)C(=O)O. The molecular formula is C6H14N4O2. The van der Waals surface area contributed by atoms with E-state index in [1.165, 1.54) is 0 Å². The Hall–Kier alpha value is -1.30. The number of hydrazone groups is 1. The zero-order valence-corrected chi connectivity index (χ0v) is 6.95. The van der Waals surface area contributed by atoms with E-state index < -0.39 is 11.9 Å². The van der Waals surface area contributed by atoms with Crippen LogP contribution in [-0.4, -0.2) is 16.9 Å². The molecule has 0 aliphatic heterocycles. The van der Waals surface area contributed by atoms with E-state index in [-0.39, 0.29) is 6.42 Å². The maximum atomic E-state index is 10.5. The number of nitrogens with two attached hydrogens (primary N) is 2. The molecule has 1 atom stereocenters. The van der Waals surface area contributed by atoms with E-state index >= 15 is 0 Å². The Bertz CT molecular complexity index is 180. The topological polar surface area (TPSA) is 114 Å². The summed E-state index contributed by atoms with van der Waals surface area (Å²) in [7, 11) is 0. The van der Waals surface area contributed by atoms with Crippen molar-refractivity contribution in [3.05, 3.63) is 0 Å². The Morgan fingerprint density at radius 2 is 2.33 bits per heavy atom. The molecule has 0 heterocycles. The third-order valence-corrected chi connectivity index (χ3v) is 1.60. The van der Waals surface area contributed by atoms with Crippen LogP contribution in [0.1, 0.15) is 19.8 Å². The molecule has 0 bridgehead atoms. The minimum atomic E-state index is -0.867. The maximum absolute atomic E-state index is 10.5. The Labute approximate surface area is 70.6 Å². The highest BCUT2D eigenvalue weighted by molar-refractivity contribution is 5.85. The zero-order valence-electron chi connectivity index (χ0n) is 6.95. The summed E-state index contributed by atoms with van der Waals surface area (Å²) in [5.41, 5.74) is 2.23. The Kier molecular flexibility index (Phi) is 4.78. The Morgan fingerprint density at radius 3 is 2.58 bits per heavy atom. The standard InChI is InChI=1S/C6H14N4O2/c1-2-4(6(11)12)3-5(9-7)10-8/h4H,2-3,7-8H2,1H3,(H,9,10)(H,11,12). The predicted molar refractivity (Wildman–Crippen MR) is 45.0 cm³/mol. The van der Waals surface area contributed by atoms with Gasteiger partial charge in [0.1, 0.15) is 5.84 Å². The molecule has 0 rings (SSSR count). The maximum Gasteiger partial charge on any atom is 0.306 e. The number of aliphatic carboxylic acids is 1. The van der Waals surface area contributed by atoms with Crippen molar-refractivity contribution in [3.8, 4) is 0 Å². The fourth-order valence-corrected chi connectivity index (χ4v) is 0.789. The third kappa shape index (κ3) is 3.20. The summed E-state index contributed by atoms with van der Waals surface area (Å²) in [4.78, 5) is 10.5. The number of carboxylic acid groups (broad SMARTS) is 1. The lowest BCUT2D eigenvalue weighted by molar-refractivity contribution is -0.141. The van der Waals surface area contributed by atoms with Crippen LogP contribution in [0.4, 0.5) is 0 Å². The summed E-state index contributed by atoms with van der Waals surface area (Å²) >= 11 is 0. The molecule has 0 fully saturated rings. The van der Waals surface area contributed by atoms with Gasteiger partial charge >= 0.3 is 5.97 Å². The molecule has 70 valence electrons. The van der Waals surface area contributed by atoms with Gasteiger partial charge in [-0.3, -0.25) is 4.79 Å². The minimum absolute atomic E-state index is 0.235. The molecule has 0 aliphatic rings. The second kappa shape index (κ2) is 5.36. The lowest BCUT2D eigenvalue weighted by Crippen LogP contribution is -2.34. The second-order valence-electron chi connectivity index (χ2n) is 2.37. The monoisotopic (exact) mass is 174 g/mol. The van der Waals surface area contributed by atoms with Gasteiger partial charge < -0.3 is 16.4 Å². The van der Waals surface area contributed by atoms with E-state index in [2.05, 4.69) is 10.5 Å². The third-order valence-electron chi connectivity index (χ3n) is 1.60. The van der Waals surface area contributed by atoms with Crippen molar-refractivity contribution in [2.24, 2.45) is 22.7 Å². The van der Waals surface area contributed by atoms with Crippen molar-refractivity contribution in [2.45, 2.75) is 19.8 Å². The van der Waals surface area contributed by atoms with E-state index in [9.17, 15) is 4.79 Å². The second-order valence-corrected chi connectivity index (χ2v) is 2.37. The molecule has 0 aromatic heterocycles. The number of nitrogens with zero attached hydrogens (tertiary/aromatic N) is 1. The van der Waals surface area contributed by atoms with Crippen LogP contribution in [0.2, 0.25) is 0 Å². The number of carboxylic acids is 1. The molecule has 0 spiro atoms. The normalized spacial score (nSPS) is 14.0. The fraction of sp³-hybridized carbons (Fsp3) is 0.667. The summed E-state index contributed by atoms with van der Waals surface area (Å²) in [6.45, 7) is 1.78. The van der Waals surface area contributed by atoms with Crippen LogP contribution >= 0.6 is 0 Å². The van der Waals surface area contributed by atoms with Crippen LogP contribution in [0, 0.1) is 5.92 Å². The summed E-state index contributed by atoms with van der Waals surface area (Å²) in [6.07, 6.45) is 0.759. The van der Waals surface area contributed by atoms with Gasteiger partial charge in [-0.25, -0.2) is 5.84 Å². The van der Waals surface area contributed by atoms with E-state index in [1.54, 1.807) is 6.92 Å². The van der Waals surface area contributed by atoms with Gasteiger partial charge in [0, 0.05) is 6.42 Å². The van der Waals surface area contributed by atoms with Gasteiger partial charge in [-0.15, -0.1) is 0 Å². The van der Waals surface area contributed by atoms with Crippen molar-refractivity contribution in [1.29, 1.82) is 0 Å². The van der Waals surface area contributed by atoms with Crippen LogP contribution in [0.5, 0.6) is 0 Å². The average molecular weight is 174 g/mol. The molecule has 6 N–H and O–H groups in total. The van der Waals surface area contributed by atoms with Crippen LogP contribution in [-0.2, 0) is 4.79 Å². The molecule has 0 aromatic rings. The highest BCUT2D eigenvalue weighted by atomic mass is 16.4. The number of rotatable bonds is 4. The van der Waals surface area contributed by atoms with Crippen LogP contribution in [0.15, 0.2) is 5.10 Å². The highest BCUT2D eigenvalue weighted by Crippen LogP contribution is 2.07. The zero-order chi connectivity index (χ0) is 9.56. The Balaban J connectivity index is 4.10. The van der Waals surface area contributed by atoms with Crippen LogP contribution in [0.25, 0.3) is 0 Å². The van der Waals surface area contributed by atoms with Crippen molar-refractivity contribution in [3.63, 3.8) is 0 Å². The highest BCUT2D eigenvalue weighted by Gasteiger charge is 2.17. The van der Waals surface area contributed by atoms with Gasteiger partial charge in [0.05, 0.1) is 5.92 Å². The molecular weight excluding hydrogens is 160 g/mol. The van der Waals surface area contributed by atoms with Crippen molar-refractivity contribution in [2.75, 3.05) is 0 Å². The van der Waals surface area contributed by atoms with Crippen molar-refractivity contribution >= 4 is 11.8 Å². The summed E-state index contributed by atoms with van der Waals surface area (Å²) in [6, 6.07) is 0. The quantitative estimate of drug-likeness (QED) is 0.193. The van der Waals surface area contributed by atoms with E-state index in [0.717, 1.165) is 0 Å². The average Bonchev–Trinajstić information content (AvgIpc) is 2.06. The molecule has 0 saturated heterocycles. The minimum Gasteiger partial charge on any atom is -0.481 e. The number of carbonyl (C=O) groups is 1. The summed E-state index contributed by atoms with van der Waals surface area (Å²) in [5, 5.41) is 11.9. The first-order chi connectivity index (χ1) is 5.65. The van der Waals surface area contributed by atoms with E-state index in [1.807, 2.05) is 0 Å². The van der Waals surface area contributed by atoms with E-state index in [0.29, 0.717) is 12.3 Å². The molecule has 0 aromatic carbocycles. The van der Waals surface area contributed by atoms with Gasteiger partial charge in [-0.2, -0.15) is 5.10 Å². The van der Waals surface area contributed by atoms with Gasteiger partial charge in [-0.05, 0) is 6.42 Å². The summed E-state index contributed by atoms with van der Waals surface area (Å²) < 4.78 is 0. The molecule has 6 nitrogen and oxygen atoms in total. The number of hydrazine groups is 1. The van der Waals surface area contributed by atoms with Crippen molar-refractivity contribution < 1.29 is 9.90 Å². The molecule has 0 amide bonds. The molecule has 6 heteroatoms. The fourth-order valence-electron chi connectivity index (χ4n) is 0.789. The molecule has 0 saturated carbocycles. The number of hydrogen-bond acceptors (Lipinski definition) is 4. The van der Waals surface area contributed by atoms with Crippen LogP contribution in [0.3, 0.4) is 0 Å². The van der Waals surface area contributed by atoms with Gasteiger partial charge in [0.2, 0.25) is 0 Å². The lowest BCUT2D eigenvalue weighted by atomic mass is 10.0. The first-order valence-electron chi connectivity index (χ1n) is 3.61. The largest absolute Gasteiger partial charge is 0.481 e. The smallest absolute Gasteiger partial charge is 0.306 e. The first-order valence-corrected chi connectivity index (χ1v) is 3.61. The van der Waals surface area contributed by atoms with Crippen LogP contribution < -0.4 is 17.1 Å². The molecule has 1 unspecified atom stereocenters. The van der Waals surface area contributed by atoms with Gasteiger partial charge in [-0.1, -0.05) is 6.92 Å². The Morgan fingerprint density at radius 1 is 1.75 bits per heavy atom.